The van der Waals surface area contributed by atoms with Gasteiger partial charge in [0.05, 0.1) is 5.69 Å². The van der Waals surface area contributed by atoms with Gasteiger partial charge in [0.25, 0.3) is 0 Å². The maximum atomic E-state index is 12.3. The normalized spacial score (nSPS) is 22.5. The topological polar surface area (TPSA) is 54.5 Å². The van der Waals surface area contributed by atoms with Crippen molar-refractivity contribution in [2.45, 2.75) is 64.8 Å². The second kappa shape index (κ2) is 7.09. The van der Waals surface area contributed by atoms with E-state index in [4.69, 9.17) is 4.74 Å². The van der Waals surface area contributed by atoms with Gasteiger partial charge in [-0.3, -0.25) is 4.98 Å². The maximum Gasteiger partial charge on any atom is 0.410 e. The molecule has 1 saturated heterocycles. The Morgan fingerprint density at radius 3 is 2.86 bits per heavy atom. The zero-order chi connectivity index (χ0) is 16.2. The number of aromatic nitrogens is 1. The van der Waals surface area contributed by atoms with E-state index < -0.39 is 5.60 Å². The Morgan fingerprint density at radius 2 is 2.23 bits per heavy atom. The van der Waals surface area contributed by atoms with Crippen molar-refractivity contribution < 1.29 is 9.53 Å². The standard InChI is InChI=1S/C17H27N3O2/c1-13-15(19-12-14-8-5-6-10-18-14)9-7-11-20(13)16(21)22-17(2,3)4/h5-6,8,10,13,15,19H,7,9,11-12H2,1-4H3. The first-order valence-electron chi connectivity index (χ1n) is 8.00. The highest BCUT2D eigenvalue weighted by Gasteiger charge is 2.33. The molecule has 5 heteroatoms. The van der Waals surface area contributed by atoms with E-state index in [1.165, 1.54) is 0 Å². The Kier molecular flexibility index (Phi) is 5.40. The van der Waals surface area contributed by atoms with Crippen LogP contribution in [0.3, 0.4) is 0 Å². The third-order valence-electron chi connectivity index (χ3n) is 3.89. The van der Waals surface area contributed by atoms with Crippen LogP contribution in [0.1, 0.15) is 46.2 Å². The molecule has 0 spiro atoms. The fourth-order valence-corrected chi connectivity index (χ4v) is 2.73. The van der Waals surface area contributed by atoms with E-state index >= 15 is 0 Å². The van der Waals surface area contributed by atoms with Crippen molar-refractivity contribution in [3.8, 4) is 0 Å². The first-order chi connectivity index (χ1) is 10.4. The number of carbonyl (C=O) groups excluding carboxylic acids is 1. The number of pyridine rings is 1. The molecule has 2 heterocycles. The molecule has 0 bridgehead atoms. The molecule has 1 amide bonds. The van der Waals surface area contributed by atoms with Crippen LogP contribution in [0.15, 0.2) is 24.4 Å². The molecule has 22 heavy (non-hydrogen) atoms. The number of piperidine rings is 1. The molecule has 1 aliphatic heterocycles. The van der Waals surface area contributed by atoms with Gasteiger partial charge < -0.3 is 15.0 Å². The van der Waals surface area contributed by atoms with E-state index in [-0.39, 0.29) is 18.2 Å². The van der Waals surface area contributed by atoms with E-state index in [1.54, 1.807) is 6.20 Å². The number of carbonyl (C=O) groups is 1. The fraction of sp³-hybridized carbons (Fsp3) is 0.647. The Balaban J connectivity index is 1.92. The molecule has 1 N–H and O–H groups in total. The number of amides is 1. The second-order valence-electron chi connectivity index (χ2n) is 6.87. The van der Waals surface area contributed by atoms with Gasteiger partial charge in [-0.15, -0.1) is 0 Å². The minimum atomic E-state index is -0.453. The number of likely N-dealkylation sites (tertiary alicyclic amines) is 1. The fourth-order valence-electron chi connectivity index (χ4n) is 2.73. The average molecular weight is 305 g/mol. The highest BCUT2D eigenvalue weighted by Crippen LogP contribution is 2.21. The largest absolute Gasteiger partial charge is 0.444 e. The van der Waals surface area contributed by atoms with Crippen molar-refractivity contribution in [2.24, 2.45) is 0 Å². The molecule has 1 aromatic heterocycles. The lowest BCUT2D eigenvalue weighted by Crippen LogP contribution is -2.55. The van der Waals surface area contributed by atoms with Crippen LogP contribution >= 0.6 is 0 Å². The molecule has 2 atom stereocenters. The number of rotatable bonds is 3. The third kappa shape index (κ3) is 4.70. The summed E-state index contributed by atoms with van der Waals surface area (Å²) in [4.78, 5) is 18.5. The first-order valence-corrected chi connectivity index (χ1v) is 8.00. The Hall–Kier alpha value is -1.62. The highest BCUT2D eigenvalue weighted by molar-refractivity contribution is 5.68. The summed E-state index contributed by atoms with van der Waals surface area (Å²) in [5, 5.41) is 3.52. The quantitative estimate of drug-likeness (QED) is 0.933. The lowest BCUT2D eigenvalue weighted by molar-refractivity contribution is 0.00697. The number of ether oxygens (including phenoxy) is 1. The van der Waals surface area contributed by atoms with Crippen molar-refractivity contribution in [3.63, 3.8) is 0 Å². The molecule has 1 aliphatic rings. The number of hydrogen-bond acceptors (Lipinski definition) is 4. The van der Waals surface area contributed by atoms with Gasteiger partial charge in [0.1, 0.15) is 5.60 Å². The van der Waals surface area contributed by atoms with Crippen molar-refractivity contribution in [1.82, 2.24) is 15.2 Å². The van der Waals surface area contributed by atoms with Crippen molar-refractivity contribution in [2.75, 3.05) is 6.54 Å². The van der Waals surface area contributed by atoms with E-state index in [9.17, 15) is 4.79 Å². The number of nitrogens with zero attached hydrogens (tertiary/aromatic N) is 2. The zero-order valence-electron chi connectivity index (χ0n) is 14.0. The SMILES string of the molecule is CC1C(NCc2ccccn2)CCCN1C(=O)OC(C)(C)C. The minimum Gasteiger partial charge on any atom is -0.444 e. The number of nitrogens with one attached hydrogen (secondary N) is 1. The summed E-state index contributed by atoms with van der Waals surface area (Å²) in [6, 6.07) is 6.29. The Labute approximate surface area is 133 Å². The smallest absolute Gasteiger partial charge is 0.410 e. The zero-order valence-corrected chi connectivity index (χ0v) is 14.0. The summed E-state index contributed by atoms with van der Waals surface area (Å²) >= 11 is 0. The molecule has 0 radical (unpaired) electrons. The van der Waals surface area contributed by atoms with Crippen molar-refractivity contribution in [3.05, 3.63) is 30.1 Å². The minimum absolute atomic E-state index is 0.118. The summed E-state index contributed by atoms with van der Waals surface area (Å²) in [5.41, 5.74) is 0.564. The monoisotopic (exact) mass is 305 g/mol. The molecule has 2 rings (SSSR count). The van der Waals surface area contributed by atoms with Gasteiger partial charge >= 0.3 is 6.09 Å². The van der Waals surface area contributed by atoms with Crippen LogP contribution in [0.25, 0.3) is 0 Å². The third-order valence-corrected chi connectivity index (χ3v) is 3.89. The molecular formula is C17H27N3O2. The van der Waals surface area contributed by atoms with E-state index in [0.717, 1.165) is 31.6 Å². The van der Waals surface area contributed by atoms with Crippen LogP contribution in [0.5, 0.6) is 0 Å². The predicted octanol–water partition coefficient (Wildman–Crippen LogP) is 2.96. The predicted molar refractivity (Wildman–Crippen MR) is 86.5 cm³/mol. The summed E-state index contributed by atoms with van der Waals surface area (Å²) in [6.45, 7) is 9.26. The Morgan fingerprint density at radius 1 is 1.45 bits per heavy atom. The van der Waals surface area contributed by atoms with Gasteiger partial charge in [0, 0.05) is 31.4 Å². The molecule has 122 valence electrons. The molecule has 2 unspecified atom stereocenters. The van der Waals surface area contributed by atoms with Crippen molar-refractivity contribution >= 4 is 6.09 Å². The van der Waals surface area contributed by atoms with Crippen LogP contribution in [0.4, 0.5) is 4.79 Å². The van der Waals surface area contributed by atoms with Gasteiger partial charge in [0.15, 0.2) is 0 Å². The molecule has 5 nitrogen and oxygen atoms in total. The van der Waals surface area contributed by atoms with Crippen LogP contribution in [0, 0.1) is 0 Å². The first kappa shape index (κ1) is 16.7. The van der Waals surface area contributed by atoms with Crippen LogP contribution in [-0.4, -0.2) is 40.2 Å². The van der Waals surface area contributed by atoms with Crippen LogP contribution < -0.4 is 5.32 Å². The average Bonchev–Trinajstić information content (AvgIpc) is 2.45. The van der Waals surface area contributed by atoms with Gasteiger partial charge in [-0.25, -0.2) is 4.79 Å². The van der Waals surface area contributed by atoms with Gasteiger partial charge in [-0.05, 0) is 52.7 Å². The van der Waals surface area contributed by atoms with Gasteiger partial charge in [0.2, 0.25) is 0 Å². The molecule has 0 aliphatic carbocycles. The van der Waals surface area contributed by atoms with E-state index in [2.05, 4.69) is 17.2 Å². The van der Waals surface area contributed by atoms with Gasteiger partial charge in [-0.2, -0.15) is 0 Å². The van der Waals surface area contributed by atoms with Crippen LogP contribution in [0.2, 0.25) is 0 Å². The molecule has 1 aromatic rings. The maximum absolute atomic E-state index is 12.3. The molecular weight excluding hydrogens is 278 g/mol. The second-order valence-corrected chi connectivity index (χ2v) is 6.87. The summed E-state index contributed by atoms with van der Waals surface area (Å²) in [7, 11) is 0. The summed E-state index contributed by atoms with van der Waals surface area (Å²) in [6.07, 6.45) is 3.63. The number of hydrogen-bond donors (Lipinski definition) is 1. The lowest BCUT2D eigenvalue weighted by atomic mass is 9.97. The molecule has 1 fully saturated rings. The summed E-state index contributed by atoms with van der Waals surface area (Å²) < 4.78 is 5.51. The Bertz CT molecular complexity index is 484. The van der Waals surface area contributed by atoms with E-state index in [1.807, 2.05) is 43.9 Å². The summed E-state index contributed by atoms with van der Waals surface area (Å²) in [5.74, 6) is 0. The van der Waals surface area contributed by atoms with Crippen LogP contribution in [-0.2, 0) is 11.3 Å². The van der Waals surface area contributed by atoms with E-state index in [0.29, 0.717) is 0 Å². The van der Waals surface area contributed by atoms with Crippen molar-refractivity contribution in [1.29, 1.82) is 0 Å². The highest BCUT2D eigenvalue weighted by atomic mass is 16.6. The molecule has 0 saturated carbocycles. The lowest BCUT2D eigenvalue weighted by Gasteiger charge is -2.40. The van der Waals surface area contributed by atoms with Gasteiger partial charge in [-0.1, -0.05) is 6.07 Å². The molecule has 0 aromatic carbocycles.